The topological polar surface area (TPSA) is 81.2 Å². The fraction of sp³-hybridized carbons (Fsp3) is 0.241. The zero-order valence-corrected chi connectivity index (χ0v) is 20.4. The molecule has 7 heteroatoms. The van der Waals surface area contributed by atoms with E-state index in [1.54, 1.807) is 6.07 Å². The van der Waals surface area contributed by atoms with Crippen LogP contribution in [0.5, 0.6) is 5.75 Å². The Morgan fingerprint density at radius 3 is 2.72 bits per heavy atom. The molecule has 0 bridgehead atoms. The molecule has 4 aromatic rings. The standard InChI is InChI=1S/C29H27FN4O2/c1-18-12-19(10-11-29(2)16-34(3)17-29)13-25(31-18)28(36)33-27(22-15-21(30)8-9-26(22)35)24-14-20-6-4-5-7-23(20)32-24/h4-9,12-15,27,32,35H,16-17H2,1-3H3,(H,33,36). The Bertz CT molecular complexity index is 1490. The molecule has 1 unspecified atom stereocenters. The van der Waals surface area contributed by atoms with Crippen molar-refractivity contribution in [3.05, 3.63) is 94.7 Å². The molecule has 2 aromatic carbocycles. The first kappa shape index (κ1) is 23.6. The number of nitrogens with zero attached hydrogens (tertiary/aromatic N) is 2. The summed E-state index contributed by atoms with van der Waals surface area (Å²) in [6, 6.07) is 15.9. The number of carbonyl (C=O) groups is 1. The second-order valence-corrected chi connectivity index (χ2v) is 9.79. The summed E-state index contributed by atoms with van der Waals surface area (Å²) in [6.45, 7) is 5.74. The van der Waals surface area contributed by atoms with Gasteiger partial charge in [0.25, 0.3) is 5.91 Å². The summed E-state index contributed by atoms with van der Waals surface area (Å²) >= 11 is 0. The van der Waals surface area contributed by atoms with Gasteiger partial charge in [-0.15, -0.1) is 0 Å². The highest BCUT2D eigenvalue weighted by Gasteiger charge is 2.34. The summed E-state index contributed by atoms with van der Waals surface area (Å²) < 4.78 is 14.2. The predicted octanol–water partition coefficient (Wildman–Crippen LogP) is 4.54. The molecule has 0 radical (unpaired) electrons. The molecule has 1 aliphatic rings. The number of benzene rings is 2. The molecule has 1 amide bonds. The third-order valence-corrected chi connectivity index (χ3v) is 6.37. The number of aromatic amines is 1. The maximum absolute atomic E-state index is 14.2. The molecule has 1 fully saturated rings. The van der Waals surface area contributed by atoms with Crippen LogP contribution in [-0.4, -0.2) is 46.0 Å². The lowest BCUT2D eigenvalue weighted by Crippen LogP contribution is -2.51. The van der Waals surface area contributed by atoms with Crippen LogP contribution in [0.2, 0.25) is 0 Å². The number of pyridine rings is 1. The lowest BCUT2D eigenvalue weighted by Gasteiger charge is -2.42. The molecular formula is C29H27FN4O2. The third kappa shape index (κ3) is 4.81. The lowest BCUT2D eigenvalue weighted by molar-refractivity contribution is 0.0916. The molecule has 6 nitrogen and oxygen atoms in total. The SMILES string of the molecule is Cc1cc(C#CC2(C)CN(C)C2)cc(C(=O)NC(c2cc3ccccc3[nH]2)c2cc(F)ccc2O)n1. The number of aryl methyl sites for hydroxylation is 1. The van der Waals surface area contributed by atoms with Gasteiger partial charge in [0, 0.05) is 41.1 Å². The van der Waals surface area contributed by atoms with Gasteiger partial charge in [0.15, 0.2) is 0 Å². The normalized spacial score (nSPS) is 15.6. The molecular weight excluding hydrogens is 455 g/mol. The van der Waals surface area contributed by atoms with E-state index in [9.17, 15) is 14.3 Å². The number of amides is 1. The van der Waals surface area contributed by atoms with Crippen LogP contribution in [0.15, 0.2) is 60.7 Å². The molecule has 0 spiro atoms. The second kappa shape index (κ2) is 9.14. The number of phenols is 1. The number of para-hydroxylation sites is 1. The number of hydrogen-bond donors (Lipinski definition) is 3. The van der Waals surface area contributed by atoms with Crippen LogP contribution >= 0.6 is 0 Å². The highest BCUT2D eigenvalue weighted by atomic mass is 19.1. The Morgan fingerprint density at radius 2 is 1.97 bits per heavy atom. The average Bonchev–Trinajstić information content (AvgIpc) is 3.25. The summed E-state index contributed by atoms with van der Waals surface area (Å²) in [6.07, 6.45) is 0. The first-order chi connectivity index (χ1) is 17.2. The highest BCUT2D eigenvalue weighted by Crippen LogP contribution is 2.32. The summed E-state index contributed by atoms with van der Waals surface area (Å²) in [5, 5.41) is 14.4. The molecule has 36 heavy (non-hydrogen) atoms. The maximum atomic E-state index is 14.2. The van der Waals surface area contributed by atoms with Crippen LogP contribution in [0.3, 0.4) is 0 Å². The number of aromatic nitrogens is 2. The maximum Gasteiger partial charge on any atom is 0.270 e. The van der Waals surface area contributed by atoms with Gasteiger partial charge in [0.05, 0.1) is 11.5 Å². The molecule has 1 saturated heterocycles. The third-order valence-electron chi connectivity index (χ3n) is 6.37. The van der Waals surface area contributed by atoms with Gasteiger partial charge in [-0.05, 0) is 68.7 Å². The van der Waals surface area contributed by atoms with Gasteiger partial charge < -0.3 is 20.3 Å². The van der Waals surface area contributed by atoms with E-state index in [1.165, 1.54) is 18.2 Å². The quantitative estimate of drug-likeness (QED) is 0.373. The number of halogens is 1. The Balaban J connectivity index is 1.49. The van der Waals surface area contributed by atoms with Gasteiger partial charge in [-0.3, -0.25) is 4.79 Å². The van der Waals surface area contributed by atoms with Crippen molar-refractivity contribution in [2.75, 3.05) is 20.1 Å². The monoisotopic (exact) mass is 482 g/mol. The Kier molecular flexibility index (Phi) is 5.99. The van der Waals surface area contributed by atoms with Crippen molar-refractivity contribution in [2.45, 2.75) is 19.9 Å². The Morgan fingerprint density at radius 1 is 1.19 bits per heavy atom. The number of nitrogens with one attached hydrogen (secondary N) is 2. The van der Waals surface area contributed by atoms with E-state index in [2.05, 4.69) is 46.0 Å². The number of fused-ring (bicyclic) bond motifs is 1. The van der Waals surface area contributed by atoms with Crippen LogP contribution < -0.4 is 5.32 Å². The van der Waals surface area contributed by atoms with Crippen molar-refractivity contribution < 1.29 is 14.3 Å². The molecule has 3 N–H and O–H groups in total. The summed E-state index contributed by atoms with van der Waals surface area (Å²) in [7, 11) is 2.06. The molecule has 1 atom stereocenters. The predicted molar refractivity (Wildman–Crippen MR) is 137 cm³/mol. The lowest BCUT2D eigenvalue weighted by atomic mass is 9.83. The minimum Gasteiger partial charge on any atom is -0.508 e. The van der Waals surface area contributed by atoms with Gasteiger partial charge in [0.2, 0.25) is 0 Å². The van der Waals surface area contributed by atoms with Crippen LogP contribution in [0.25, 0.3) is 10.9 Å². The van der Waals surface area contributed by atoms with Gasteiger partial charge in [-0.25, -0.2) is 9.37 Å². The van der Waals surface area contributed by atoms with Crippen molar-refractivity contribution in [1.82, 2.24) is 20.2 Å². The Hall–Kier alpha value is -4.15. The van der Waals surface area contributed by atoms with E-state index in [-0.39, 0.29) is 22.4 Å². The molecule has 0 aliphatic carbocycles. The first-order valence-electron chi connectivity index (χ1n) is 11.8. The van der Waals surface area contributed by atoms with E-state index < -0.39 is 17.8 Å². The van der Waals surface area contributed by atoms with Crippen LogP contribution in [0.1, 0.15) is 46.0 Å². The molecule has 0 saturated carbocycles. The fourth-order valence-corrected chi connectivity index (χ4v) is 4.84. The summed E-state index contributed by atoms with van der Waals surface area (Å²) in [4.78, 5) is 23.3. The van der Waals surface area contributed by atoms with Crippen molar-refractivity contribution in [3.63, 3.8) is 0 Å². The Labute approximate surface area is 209 Å². The van der Waals surface area contributed by atoms with Gasteiger partial charge in [-0.2, -0.15) is 0 Å². The number of H-pyrrole nitrogens is 1. The molecule has 3 heterocycles. The average molecular weight is 483 g/mol. The van der Waals surface area contributed by atoms with E-state index in [0.29, 0.717) is 17.0 Å². The molecule has 1 aliphatic heterocycles. The number of carbonyl (C=O) groups excluding carboxylic acids is 1. The van der Waals surface area contributed by atoms with E-state index >= 15 is 0 Å². The fourth-order valence-electron chi connectivity index (χ4n) is 4.84. The van der Waals surface area contributed by atoms with Crippen LogP contribution in [0.4, 0.5) is 4.39 Å². The largest absolute Gasteiger partial charge is 0.508 e. The zero-order valence-electron chi connectivity index (χ0n) is 20.4. The van der Waals surface area contributed by atoms with Gasteiger partial charge in [-0.1, -0.05) is 30.0 Å². The van der Waals surface area contributed by atoms with E-state index in [4.69, 9.17) is 0 Å². The molecule has 2 aromatic heterocycles. The van der Waals surface area contributed by atoms with Crippen molar-refractivity contribution >= 4 is 16.8 Å². The number of phenolic OH excluding ortho intramolecular Hbond substituents is 1. The summed E-state index contributed by atoms with van der Waals surface area (Å²) in [5.74, 6) is 5.44. The molecule has 182 valence electrons. The second-order valence-electron chi connectivity index (χ2n) is 9.79. The minimum atomic E-state index is -0.832. The number of aromatic hydroxyl groups is 1. The van der Waals surface area contributed by atoms with Crippen LogP contribution in [0, 0.1) is 30.0 Å². The van der Waals surface area contributed by atoms with Gasteiger partial charge >= 0.3 is 0 Å². The van der Waals surface area contributed by atoms with Crippen molar-refractivity contribution in [3.8, 4) is 17.6 Å². The highest BCUT2D eigenvalue weighted by molar-refractivity contribution is 5.93. The smallest absolute Gasteiger partial charge is 0.270 e. The van der Waals surface area contributed by atoms with Crippen LogP contribution in [-0.2, 0) is 0 Å². The van der Waals surface area contributed by atoms with Crippen molar-refractivity contribution in [2.24, 2.45) is 5.41 Å². The summed E-state index contributed by atoms with van der Waals surface area (Å²) in [5.41, 5.74) is 3.22. The van der Waals surface area contributed by atoms with Gasteiger partial charge in [0.1, 0.15) is 17.3 Å². The van der Waals surface area contributed by atoms with E-state index in [1.807, 2.05) is 43.3 Å². The number of hydrogen-bond acceptors (Lipinski definition) is 4. The first-order valence-corrected chi connectivity index (χ1v) is 11.8. The van der Waals surface area contributed by atoms with E-state index in [0.717, 1.165) is 24.0 Å². The van der Waals surface area contributed by atoms with Crippen molar-refractivity contribution in [1.29, 1.82) is 0 Å². The molecule has 5 rings (SSSR count). The minimum absolute atomic E-state index is 0.0655. The number of likely N-dealkylation sites (tertiary alicyclic amines) is 1. The zero-order chi connectivity index (χ0) is 25.4. The number of rotatable bonds is 4.